The second kappa shape index (κ2) is 5.75. The first-order valence-electron chi connectivity index (χ1n) is 6.35. The molecule has 1 aromatic rings. The number of rotatable bonds is 3. The summed E-state index contributed by atoms with van der Waals surface area (Å²) in [6.45, 7) is 4.31. The predicted octanol–water partition coefficient (Wildman–Crippen LogP) is 2.31. The van der Waals surface area contributed by atoms with E-state index in [-0.39, 0.29) is 0 Å². The van der Waals surface area contributed by atoms with Gasteiger partial charge in [0.1, 0.15) is 0 Å². The van der Waals surface area contributed by atoms with Crippen LogP contribution in [0.15, 0.2) is 12.4 Å². The van der Waals surface area contributed by atoms with Gasteiger partial charge in [0, 0.05) is 25.5 Å². The molecule has 0 spiro atoms. The molecule has 0 saturated carbocycles. The number of nitrogens with zero attached hydrogens (tertiary/aromatic N) is 3. The van der Waals surface area contributed by atoms with Crippen LogP contribution in [-0.4, -0.2) is 29.3 Å². The van der Waals surface area contributed by atoms with Crippen LogP contribution < -0.4 is 4.90 Å². The topological polar surface area (TPSA) is 46.1 Å². The normalized spacial score (nSPS) is 21.0. The van der Waals surface area contributed by atoms with Gasteiger partial charge < -0.3 is 4.90 Å². The predicted molar refractivity (Wildman–Crippen MR) is 67.3 cm³/mol. The largest absolute Gasteiger partial charge is 0.341 e. The van der Waals surface area contributed by atoms with E-state index in [4.69, 9.17) is 0 Å². The number of aldehydes is 1. The van der Waals surface area contributed by atoms with E-state index in [9.17, 15) is 4.79 Å². The summed E-state index contributed by atoms with van der Waals surface area (Å²) in [7, 11) is 0. The Kier molecular flexibility index (Phi) is 4.07. The quantitative estimate of drug-likeness (QED) is 0.752. The van der Waals surface area contributed by atoms with Crippen molar-refractivity contribution in [2.45, 2.75) is 32.6 Å². The molecule has 1 atom stereocenters. The highest BCUT2D eigenvalue weighted by molar-refractivity contribution is 5.73. The molecule has 0 N–H and O–H groups in total. The zero-order valence-electron chi connectivity index (χ0n) is 10.3. The van der Waals surface area contributed by atoms with Gasteiger partial charge in [0.15, 0.2) is 6.29 Å². The smallest absolute Gasteiger partial charge is 0.225 e. The highest BCUT2D eigenvalue weighted by Crippen LogP contribution is 2.22. The lowest BCUT2D eigenvalue weighted by Gasteiger charge is -2.20. The van der Waals surface area contributed by atoms with Crippen LogP contribution in [0.3, 0.4) is 0 Å². The molecule has 1 saturated heterocycles. The van der Waals surface area contributed by atoms with Crippen LogP contribution in [0.1, 0.15) is 43.0 Å². The Bertz CT molecular complexity index is 363. The minimum atomic E-state index is 0.537. The molecule has 4 nitrogen and oxygen atoms in total. The van der Waals surface area contributed by atoms with Crippen molar-refractivity contribution >= 4 is 12.2 Å². The lowest BCUT2D eigenvalue weighted by atomic mass is 9.98. The number of hydrogen-bond acceptors (Lipinski definition) is 4. The average molecular weight is 233 g/mol. The molecule has 2 heterocycles. The van der Waals surface area contributed by atoms with Gasteiger partial charge in [0.05, 0.1) is 5.56 Å². The lowest BCUT2D eigenvalue weighted by Crippen LogP contribution is -2.26. The van der Waals surface area contributed by atoms with Gasteiger partial charge in [-0.15, -0.1) is 0 Å². The molecule has 17 heavy (non-hydrogen) atoms. The minimum absolute atomic E-state index is 0.537. The highest BCUT2D eigenvalue weighted by Gasteiger charge is 2.17. The summed E-state index contributed by atoms with van der Waals surface area (Å²) in [4.78, 5) is 21.3. The Hall–Kier alpha value is -1.45. The molecular formula is C13H19N3O. The van der Waals surface area contributed by atoms with Crippen LogP contribution in [0, 0.1) is 5.92 Å². The summed E-state index contributed by atoms with van der Waals surface area (Å²) in [5.74, 6) is 1.60. The van der Waals surface area contributed by atoms with E-state index in [0.717, 1.165) is 31.2 Å². The van der Waals surface area contributed by atoms with E-state index in [2.05, 4.69) is 21.8 Å². The minimum Gasteiger partial charge on any atom is -0.341 e. The van der Waals surface area contributed by atoms with Gasteiger partial charge in [0.25, 0.3) is 0 Å². The maximum absolute atomic E-state index is 10.5. The monoisotopic (exact) mass is 233 g/mol. The maximum atomic E-state index is 10.5. The van der Waals surface area contributed by atoms with Crippen LogP contribution in [0.25, 0.3) is 0 Å². The molecular weight excluding hydrogens is 214 g/mol. The van der Waals surface area contributed by atoms with Gasteiger partial charge in [-0.25, -0.2) is 9.97 Å². The van der Waals surface area contributed by atoms with Gasteiger partial charge >= 0.3 is 0 Å². The standard InChI is InChI=1S/C13H19N3O/c1-2-11-4-3-6-16(7-5-11)13-14-8-12(10-17)9-15-13/h8-11H,2-7H2,1H3. The van der Waals surface area contributed by atoms with Crippen molar-refractivity contribution in [1.82, 2.24) is 9.97 Å². The van der Waals surface area contributed by atoms with Crippen molar-refractivity contribution in [3.63, 3.8) is 0 Å². The van der Waals surface area contributed by atoms with Gasteiger partial charge in [-0.1, -0.05) is 13.3 Å². The fraction of sp³-hybridized carbons (Fsp3) is 0.615. The zero-order chi connectivity index (χ0) is 12.1. The second-order valence-corrected chi connectivity index (χ2v) is 4.63. The molecule has 4 heteroatoms. The van der Waals surface area contributed by atoms with Crippen LogP contribution in [-0.2, 0) is 0 Å². The van der Waals surface area contributed by atoms with E-state index in [1.54, 1.807) is 12.4 Å². The average Bonchev–Trinajstić information content (AvgIpc) is 2.64. The molecule has 1 aliphatic rings. The first-order valence-corrected chi connectivity index (χ1v) is 6.35. The van der Waals surface area contributed by atoms with Crippen molar-refractivity contribution in [3.05, 3.63) is 18.0 Å². The van der Waals surface area contributed by atoms with E-state index >= 15 is 0 Å². The molecule has 2 rings (SSSR count). The Morgan fingerprint density at radius 2 is 2.12 bits per heavy atom. The Balaban J connectivity index is 2.03. The van der Waals surface area contributed by atoms with Crippen LogP contribution >= 0.6 is 0 Å². The molecule has 1 aliphatic heterocycles. The molecule has 0 aliphatic carbocycles. The van der Waals surface area contributed by atoms with Crippen LogP contribution in [0.5, 0.6) is 0 Å². The molecule has 1 fully saturated rings. The van der Waals surface area contributed by atoms with Crippen molar-refractivity contribution in [2.24, 2.45) is 5.92 Å². The van der Waals surface area contributed by atoms with Crippen molar-refractivity contribution in [3.8, 4) is 0 Å². The van der Waals surface area contributed by atoms with E-state index in [1.165, 1.54) is 25.7 Å². The summed E-state index contributed by atoms with van der Waals surface area (Å²) in [6.07, 6.45) is 8.96. The van der Waals surface area contributed by atoms with E-state index in [0.29, 0.717) is 5.56 Å². The number of carbonyl (C=O) groups excluding carboxylic acids is 1. The Morgan fingerprint density at radius 3 is 2.76 bits per heavy atom. The van der Waals surface area contributed by atoms with E-state index < -0.39 is 0 Å². The van der Waals surface area contributed by atoms with Gasteiger partial charge in [-0.05, 0) is 25.2 Å². The van der Waals surface area contributed by atoms with Gasteiger partial charge in [-0.3, -0.25) is 4.79 Å². The number of hydrogen-bond donors (Lipinski definition) is 0. The molecule has 1 unspecified atom stereocenters. The summed E-state index contributed by atoms with van der Waals surface area (Å²) in [6, 6.07) is 0. The zero-order valence-corrected chi connectivity index (χ0v) is 10.3. The first-order chi connectivity index (χ1) is 8.33. The van der Waals surface area contributed by atoms with Crippen LogP contribution in [0.4, 0.5) is 5.95 Å². The summed E-state index contributed by atoms with van der Waals surface area (Å²) >= 11 is 0. The number of carbonyl (C=O) groups is 1. The van der Waals surface area contributed by atoms with E-state index in [1.807, 2.05) is 0 Å². The summed E-state index contributed by atoms with van der Waals surface area (Å²) in [5.41, 5.74) is 0.537. The summed E-state index contributed by atoms with van der Waals surface area (Å²) in [5, 5.41) is 0. The van der Waals surface area contributed by atoms with Crippen LogP contribution in [0.2, 0.25) is 0 Å². The first kappa shape index (κ1) is 12.0. The van der Waals surface area contributed by atoms with Crippen molar-refractivity contribution in [1.29, 1.82) is 0 Å². The molecule has 0 bridgehead atoms. The molecule has 0 radical (unpaired) electrons. The molecule has 92 valence electrons. The SMILES string of the molecule is CCC1CCCN(c2ncc(C=O)cn2)CC1. The second-order valence-electron chi connectivity index (χ2n) is 4.63. The third kappa shape index (κ3) is 3.02. The third-order valence-corrected chi connectivity index (χ3v) is 3.50. The van der Waals surface area contributed by atoms with Crippen molar-refractivity contribution < 1.29 is 4.79 Å². The number of anilines is 1. The Labute approximate surface area is 102 Å². The molecule has 0 amide bonds. The summed E-state index contributed by atoms with van der Waals surface area (Å²) < 4.78 is 0. The van der Waals surface area contributed by atoms with Gasteiger partial charge in [0.2, 0.25) is 5.95 Å². The fourth-order valence-electron chi connectivity index (χ4n) is 2.33. The molecule has 1 aromatic heterocycles. The molecule has 0 aromatic carbocycles. The Morgan fingerprint density at radius 1 is 1.35 bits per heavy atom. The maximum Gasteiger partial charge on any atom is 0.225 e. The third-order valence-electron chi connectivity index (χ3n) is 3.50. The number of aromatic nitrogens is 2. The lowest BCUT2D eigenvalue weighted by molar-refractivity contribution is 0.112. The fourth-order valence-corrected chi connectivity index (χ4v) is 2.33. The van der Waals surface area contributed by atoms with Crippen molar-refractivity contribution in [2.75, 3.05) is 18.0 Å². The van der Waals surface area contributed by atoms with Gasteiger partial charge in [-0.2, -0.15) is 0 Å². The highest BCUT2D eigenvalue weighted by atomic mass is 16.1.